The van der Waals surface area contributed by atoms with Crippen molar-refractivity contribution in [2.45, 2.75) is 37.2 Å². The second kappa shape index (κ2) is 11.6. The third-order valence-electron chi connectivity index (χ3n) is 6.37. The Morgan fingerprint density at radius 1 is 1.14 bits per heavy atom. The summed E-state index contributed by atoms with van der Waals surface area (Å²) in [5.74, 6) is 0.827. The predicted octanol–water partition coefficient (Wildman–Crippen LogP) is 1.29. The van der Waals surface area contributed by atoms with Crippen molar-refractivity contribution in [2.24, 2.45) is 5.73 Å². The maximum atomic E-state index is 13.4. The number of methoxy groups -OCH3 is 1. The summed E-state index contributed by atoms with van der Waals surface area (Å²) in [6.45, 7) is 1.51. The molecule has 0 aliphatic carbocycles. The Hall–Kier alpha value is -3.61. The van der Waals surface area contributed by atoms with Crippen molar-refractivity contribution in [2.75, 3.05) is 26.7 Å². The number of ether oxygens (including phenoxy) is 1. The van der Waals surface area contributed by atoms with E-state index in [1.165, 1.54) is 23.5 Å². The molecule has 3 aromatic rings. The molecule has 2 aromatic carbocycles. The van der Waals surface area contributed by atoms with Crippen molar-refractivity contribution >= 4 is 33.2 Å². The molecule has 2 amide bonds. The highest BCUT2D eigenvalue weighted by atomic mass is 32.2. The quantitative estimate of drug-likeness (QED) is 0.182. The molecule has 1 aromatic heterocycles. The van der Waals surface area contributed by atoms with Gasteiger partial charge in [0.15, 0.2) is 5.75 Å². The molecule has 4 rings (SSSR count). The second-order valence-electron chi connectivity index (χ2n) is 8.64. The Morgan fingerprint density at radius 2 is 1.89 bits per heavy atom. The molecular formula is C25H31N5O6S. The van der Waals surface area contributed by atoms with Gasteiger partial charge in [0.1, 0.15) is 12.3 Å². The summed E-state index contributed by atoms with van der Waals surface area (Å²) in [4.78, 5) is 28.9. The first-order valence-corrected chi connectivity index (χ1v) is 13.4. The van der Waals surface area contributed by atoms with Crippen molar-refractivity contribution in [3.8, 4) is 11.5 Å². The molecule has 0 fully saturated rings. The highest BCUT2D eigenvalue weighted by Gasteiger charge is 2.32. The summed E-state index contributed by atoms with van der Waals surface area (Å²) in [5, 5.41) is 3.76. The Kier molecular flexibility index (Phi) is 8.31. The highest BCUT2D eigenvalue weighted by Crippen LogP contribution is 2.35. The number of aromatic nitrogens is 1. The maximum Gasteiger partial charge on any atom is 0.243 e. The first-order chi connectivity index (χ1) is 17.9. The lowest BCUT2D eigenvalue weighted by atomic mass is 10.0. The molecule has 0 saturated carbocycles. The number of benzene rings is 2. The van der Waals surface area contributed by atoms with E-state index in [4.69, 9.17) is 15.3 Å². The number of fused-ring (bicyclic) bond motifs is 3. The lowest BCUT2D eigenvalue weighted by Crippen LogP contribution is -2.37. The van der Waals surface area contributed by atoms with Gasteiger partial charge in [0.05, 0.1) is 18.6 Å². The van der Waals surface area contributed by atoms with Crippen LogP contribution in [0.3, 0.4) is 0 Å². The van der Waals surface area contributed by atoms with E-state index in [9.17, 15) is 18.0 Å². The van der Waals surface area contributed by atoms with Gasteiger partial charge in [-0.1, -0.05) is 0 Å². The van der Waals surface area contributed by atoms with Gasteiger partial charge in [0, 0.05) is 29.7 Å². The SMILES string of the molecule is COc1ccc(S(=O)(=O)N2CCc3c(n(CC(=O)NCCCCN)c4ccc(ONC=O)cc34)C2)cc1. The van der Waals surface area contributed by atoms with E-state index in [1.54, 1.807) is 30.3 Å². The standard InChI is InChI=1S/C25H31N5O6S/c1-35-18-4-7-20(8-5-18)37(33,34)29-13-10-21-22-14-19(36-28-17-31)6-9-23(22)30(24(21)15-29)16-25(32)27-12-3-2-11-26/h4-9,14,17H,2-3,10-13,15-16,26H2,1H3,(H,27,32)(H,28,31). The van der Waals surface area contributed by atoms with Crippen LogP contribution in [-0.4, -0.2) is 56.4 Å². The van der Waals surface area contributed by atoms with E-state index >= 15 is 0 Å². The van der Waals surface area contributed by atoms with Gasteiger partial charge >= 0.3 is 0 Å². The summed E-state index contributed by atoms with van der Waals surface area (Å²) >= 11 is 0. The van der Waals surface area contributed by atoms with Crippen LogP contribution in [0.1, 0.15) is 24.1 Å². The number of nitrogens with zero attached hydrogens (tertiary/aromatic N) is 2. The average molecular weight is 530 g/mol. The molecule has 198 valence electrons. The van der Waals surface area contributed by atoms with Crippen LogP contribution in [0.4, 0.5) is 0 Å². The van der Waals surface area contributed by atoms with E-state index < -0.39 is 10.0 Å². The molecule has 0 atom stereocenters. The minimum atomic E-state index is -3.77. The van der Waals surface area contributed by atoms with Crippen LogP contribution in [0, 0.1) is 0 Å². The predicted molar refractivity (Wildman–Crippen MR) is 137 cm³/mol. The normalized spacial score (nSPS) is 13.7. The second-order valence-corrected chi connectivity index (χ2v) is 10.6. The van der Waals surface area contributed by atoms with Gasteiger partial charge in [0.25, 0.3) is 0 Å². The molecule has 0 unspecified atom stereocenters. The largest absolute Gasteiger partial charge is 0.497 e. The molecule has 1 aliphatic rings. The molecule has 1 aliphatic heterocycles. The van der Waals surface area contributed by atoms with Gasteiger partial charge in [-0.2, -0.15) is 9.79 Å². The summed E-state index contributed by atoms with van der Waals surface area (Å²) in [7, 11) is -2.25. The Bertz CT molecular complexity index is 1370. The van der Waals surface area contributed by atoms with Gasteiger partial charge < -0.3 is 25.2 Å². The molecule has 0 saturated heterocycles. The van der Waals surface area contributed by atoms with Gasteiger partial charge in [-0.25, -0.2) is 8.42 Å². The van der Waals surface area contributed by atoms with E-state index in [1.807, 2.05) is 4.57 Å². The fourth-order valence-electron chi connectivity index (χ4n) is 4.53. The Labute approximate surface area is 215 Å². The lowest BCUT2D eigenvalue weighted by Gasteiger charge is -2.28. The van der Waals surface area contributed by atoms with Crippen LogP contribution in [0.5, 0.6) is 11.5 Å². The average Bonchev–Trinajstić information content (AvgIpc) is 3.22. The number of amides is 2. The van der Waals surface area contributed by atoms with Crippen molar-refractivity contribution < 1.29 is 27.6 Å². The molecule has 0 bridgehead atoms. The van der Waals surface area contributed by atoms with Gasteiger partial charge in [-0.05, 0) is 73.8 Å². The summed E-state index contributed by atoms with van der Waals surface area (Å²) < 4.78 is 35.3. The van der Waals surface area contributed by atoms with E-state index in [2.05, 4.69) is 10.8 Å². The maximum absolute atomic E-state index is 13.4. The first kappa shape index (κ1) is 26.5. The summed E-state index contributed by atoms with van der Waals surface area (Å²) in [6.07, 6.45) is 2.49. The molecule has 11 nitrogen and oxygen atoms in total. The molecule has 2 heterocycles. The van der Waals surface area contributed by atoms with Crippen molar-refractivity contribution in [3.05, 3.63) is 53.7 Å². The van der Waals surface area contributed by atoms with Crippen LogP contribution in [0.2, 0.25) is 0 Å². The lowest BCUT2D eigenvalue weighted by molar-refractivity contribution is -0.121. The number of hydrogen-bond donors (Lipinski definition) is 3. The monoisotopic (exact) mass is 529 g/mol. The number of nitrogens with two attached hydrogens (primary N) is 1. The van der Waals surface area contributed by atoms with Crippen molar-refractivity contribution in [3.63, 3.8) is 0 Å². The number of carbonyl (C=O) groups excluding carboxylic acids is 2. The minimum Gasteiger partial charge on any atom is -0.497 e. The van der Waals surface area contributed by atoms with Crippen molar-refractivity contribution in [1.29, 1.82) is 0 Å². The minimum absolute atomic E-state index is 0.0394. The molecule has 12 heteroatoms. The number of hydrogen-bond acceptors (Lipinski definition) is 7. The Balaban J connectivity index is 1.67. The zero-order chi connectivity index (χ0) is 26.4. The van der Waals surface area contributed by atoms with Crippen LogP contribution in [0.25, 0.3) is 10.9 Å². The number of unbranched alkanes of at least 4 members (excludes halogenated alkanes) is 1. The summed E-state index contributed by atoms with van der Waals surface area (Å²) in [6, 6.07) is 11.6. The Morgan fingerprint density at radius 3 is 2.59 bits per heavy atom. The number of nitrogens with one attached hydrogen (secondary N) is 2. The molecule has 0 spiro atoms. The molecule has 4 N–H and O–H groups in total. The molecular weight excluding hydrogens is 498 g/mol. The van der Waals surface area contributed by atoms with E-state index in [-0.39, 0.29) is 30.4 Å². The highest BCUT2D eigenvalue weighted by molar-refractivity contribution is 7.89. The number of sulfonamides is 1. The van der Waals surface area contributed by atoms with E-state index in [0.29, 0.717) is 37.4 Å². The van der Waals surface area contributed by atoms with Gasteiger partial charge in [-0.15, -0.1) is 0 Å². The van der Waals surface area contributed by atoms with Crippen LogP contribution in [0.15, 0.2) is 47.4 Å². The first-order valence-electron chi connectivity index (χ1n) is 12.0. The number of carbonyl (C=O) groups is 2. The molecule has 37 heavy (non-hydrogen) atoms. The van der Waals surface area contributed by atoms with Gasteiger partial charge in [0.2, 0.25) is 22.3 Å². The van der Waals surface area contributed by atoms with Crippen LogP contribution >= 0.6 is 0 Å². The fraction of sp³-hybridized carbons (Fsp3) is 0.360. The summed E-state index contributed by atoms with van der Waals surface area (Å²) in [5.41, 5.74) is 10.2. The van der Waals surface area contributed by atoms with Gasteiger partial charge in [-0.3, -0.25) is 9.59 Å². The number of rotatable bonds is 12. The molecule has 0 radical (unpaired) electrons. The topological polar surface area (TPSA) is 145 Å². The van der Waals surface area contributed by atoms with Crippen LogP contribution < -0.4 is 26.1 Å². The van der Waals surface area contributed by atoms with Crippen LogP contribution in [-0.2, 0) is 39.1 Å². The third-order valence-corrected chi connectivity index (χ3v) is 8.23. The fourth-order valence-corrected chi connectivity index (χ4v) is 5.94. The van der Waals surface area contributed by atoms with Crippen molar-refractivity contribution in [1.82, 2.24) is 19.7 Å². The zero-order valence-corrected chi connectivity index (χ0v) is 21.4. The number of hydroxylamine groups is 1. The zero-order valence-electron chi connectivity index (χ0n) is 20.6. The third kappa shape index (κ3) is 5.71. The smallest absolute Gasteiger partial charge is 0.243 e. The van der Waals surface area contributed by atoms with E-state index in [0.717, 1.165) is 35.0 Å².